The fraction of sp³-hybridized carbons (Fsp3) is 0.594. The summed E-state index contributed by atoms with van der Waals surface area (Å²) in [6.07, 6.45) is 7.05. The quantitative estimate of drug-likeness (QED) is 0.393. The lowest BCUT2D eigenvalue weighted by Crippen LogP contribution is -2.37. The summed E-state index contributed by atoms with van der Waals surface area (Å²) in [5, 5.41) is 11.3. The van der Waals surface area contributed by atoms with Crippen molar-refractivity contribution < 1.29 is 24.1 Å². The number of methoxy groups -OCH3 is 1. The van der Waals surface area contributed by atoms with Crippen molar-refractivity contribution in [1.82, 2.24) is 9.80 Å². The van der Waals surface area contributed by atoms with E-state index in [0.29, 0.717) is 26.1 Å². The smallest absolute Gasteiger partial charge is 0.222 e. The van der Waals surface area contributed by atoms with E-state index in [1.165, 1.54) is 5.56 Å². The molecule has 0 spiro atoms. The van der Waals surface area contributed by atoms with E-state index in [-0.39, 0.29) is 5.91 Å². The zero-order chi connectivity index (χ0) is 27.7. The summed E-state index contributed by atoms with van der Waals surface area (Å²) in [6.45, 7) is 9.13. The van der Waals surface area contributed by atoms with Crippen molar-refractivity contribution in [3.05, 3.63) is 53.1 Å². The molecule has 0 aliphatic carbocycles. The molecule has 214 valence electrons. The van der Waals surface area contributed by atoms with E-state index in [9.17, 15) is 9.90 Å². The van der Waals surface area contributed by atoms with Crippen molar-refractivity contribution in [3.63, 3.8) is 0 Å². The number of hydrogen-bond donors (Lipinski definition) is 1. The number of amides is 1. The Bertz CT molecular complexity index is 1090. The number of likely N-dealkylation sites (tertiary alicyclic amines) is 2. The molecule has 2 aliphatic heterocycles. The Morgan fingerprint density at radius 3 is 2.56 bits per heavy atom. The molecule has 2 aliphatic rings. The molecule has 0 radical (unpaired) electrons. The predicted molar refractivity (Wildman–Crippen MR) is 154 cm³/mol. The molecule has 39 heavy (non-hydrogen) atoms. The number of hydrogen-bond acceptors (Lipinski definition) is 6. The Kier molecular flexibility index (Phi) is 10.5. The number of aliphatic hydroxyl groups is 1. The van der Waals surface area contributed by atoms with Gasteiger partial charge in [0.25, 0.3) is 0 Å². The predicted octanol–water partition coefficient (Wildman–Crippen LogP) is 5.28. The standard InChI is InChI=1S/C32H46N2O5/c1-25-10-12-28(26(2)21-25)39-24-32(36)14-7-16-33(19-15-32)23-27-11-13-29(30(22-27)37-3)38-20-8-18-34-17-6-4-5-9-31(34)35/h10-13,21-22,36H,4-9,14-20,23-24H2,1-3H3/t32-/m0/s1. The maximum Gasteiger partial charge on any atom is 0.222 e. The molecule has 1 atom stereocenters. The second kappa shape index (κ2) is 14.0. The Labute approximate surface area is 234 Å². The van der Waals surface area contributed by atoms with Gasteiger partial charge in [0.15, 0.2) is 11.5 Å². The van der Waals surface area contributed by atoms with Crippen LogP contribution in [0.25, 0.3) is 0 Å². The number of benzene rings is 2. The van der Waals surface area contributed by atoms with Crippen LogP contribution < -0.4 is 14.2 Å². The summed E-state index contributed by atoms with van der Waals surface area (Å²) in [7, 11) is 1.67. The Balaban J connectivity index is 1.25. The number of carbonyl (C=O) groups excluding carboxylic acids is 1. The molecular weight excluding hydrogens is 492 g/mol. The second-order valence-corrected chi connectivity index (χ2v) is 11.3. The Morgan fingerprint density at radius 1 is 0.897 bits per heavy atom. The monoisotopic (exact) mass is 538 g/mol. The normalized spacial score (nSPS) is 20.8. The minimum absolute atomic E-state index is 0.273. The molecule has 2 fully saturated rings. The third kappa shape index (κ3) is 8.61. The second-order valence-electron chi connectivity index (χ2n) is 11.3. The molecule has 1 N–H and O–H groups in total. The van der Waals surface area contributed by atoms with Crippen molar-refractivity contribution in [1.29, 1.82) is 0 Å². The van der Waals surface area contributed by atoms with Gasteiger partial charge in [-0.2, -0.15) is 0 Å². The van der Waals surface area contributed by atoms with Crippen LogP contribution in [0.4, 0.5) is 0 Å². The van der Waals surface area contributed by atoms with Crippen LogP contribution in [0.1, 0.15) is 68.1 Å². The number of carbonyl (C=O) groups is 1. The first-order valence-electron chi connectivity index (χ1n) is 14.6. The fourth-order valence-corrected chi connectivity index (χ4v) is 5.61. The summed E-state index contributed by atoms with van der Waals surface area (Å²) < 4.78 is 17.7. The molecule has 2 heterocycles. The van der Waals surface area contributed by atoms with E-state index >= 15 is 0 Å². The van der Waals surface area contributed by atoms with Gasteiger partial charge in [0, 0.05) is 32.6 Å². The number of ether oxygens (including phenoxy) is 3. The zero-order valence-electron chi connectivity index (χ0n) is 24.0. The van der Waals surface area contributed by atoms with Gasteiger partial charge in [-0.1, -0.05) is 30.2 Å². The summed E-state index contributed by atoms with van der Waals surface area (Å²) in [6, 6.07) is 12.3. The van der Waals surface area contributed by atoms with Crippen LogP contribution in [0.3, 0.4) is 0 Å². The van der Waals surface area contributed by atoms with E-state index in [0.717, 1.165) is 99.6 Å². The SMILES string of the molecule is COc1cc(CN2CCC[C@@](O)(COc3ccc(C)cc3C)CC2)ccc1OCCCN1CCCCCC1=O. The molecule has 2 aromatic rings. The maximum absolute atomic E-state index is 12.2. The lowest BCUT2D eigenvalue weighted by atomic mass is 9.96. The van der Waals surface area contributed by atoms with Crippen molar-refractivity contribution >= 4 is 5.91 Å². The lowest BCUT2D eigenvalue weighted by Gasteiger charge is -2.27. The number of rotatable bonds is 11. The van der Waals surface area contributed by atoms with Crippen molar-refractivity contribution in [2.75, 3.05) is 46.5 Å². The van der Waals surface area contributed by atoms with Crippen LogP contribution in [-0.4, -0.2) is 72.9 Å². The van der Waals surface area contributed by atoms with Gasteiger partial charge >= 0.3 is 0 Å². The number of nitrogens with zero attached hydrogens (tertiary/aromatic N) is 2. The van der Waals surface area contributed by atoms with Gasteiger partial charge < -0.3 is 24.2 Å². The molecule has 0 bridgehead atoms. The Morgan fingerprint density at radius 2 is 1.74 bits per heavy atom. The van der Waals surface area contributed by atoms with Crippen LogP contribution in [0.5, 0.6) is 17.2 Å². The van der Waals surface area contributed by atoms with Gasteiger partial charge in [0.1, 0.15) is 12.4 Å². The highest BCUT2D eigenvalue weighted by atomic mass is 16.5. The van der Waals surface area contributed by atoms with Crippen LogP contribution >= 0.6 is 0 Å². The molecule has 1 amide bonds. The van der Waals surface area contributed by atoms with E-state index in [1.807, 2.05) is 36.1 Å². The van der Waals surface area contributed by atoms with E-state index in [4.69, 9.17) is 14.2 Å². The Hall–Kier alpha value is -2.77. The first kappa shape index (κ1) is 29.2. The number of aryl methyl sites for hydroxylation is 2. The molecule has 0 saturated carbocycles. The molecule has 2 aromatic carbocycles. The summed E-state index contributed by atoms with van der Waals surface area (Å²) >= 11 is 0. The highest BCUT2D eigenvalue weighted by Crippen LogP contribution is 2.30. The van der Waals surface area contributed by atoms with Gasteiger partial charge in [-0.3, -0.25) is 9.69 Å². The highest BCUT2D eigenvalue weighted by molar-refractivity contribution is 5.76. The van der Waals surface area contributed by atoms with Crippen LogP contribution in [-0.2, 0) is 11.3 Å². The van der Waals surface area contributed by atoms with Crippen LogP contribution in [0.15, 0.2) is 36.4 Å². The average molecular weight is 539 g/mol. The molecule has 7 heteroatoms. The minimum atomic E-state index is -0.820. The van der Waals surface area contributed by atoms with Crippen molar-refractivity contribution in [2.45, 2.75) is 77.4 Å². The largest absolute Gasteiger partial charge is 0.493 e. The van der Waals surface area contributed by atoms with E-state index in [2.05, 4.69) is 24.0 Å². The molecule has 7 nitrogen and oxygen atoms in total. The van der Waals surface area contributed by atoms with Gasteiger partial charge in [-0.25, -0.2) is 0 Å². The summed E-state index contributed by atoms with van der Waals surface area (Å²) in [5.41, 5.74) is 2.65. The topological polar surface area (TPSA) is 71.5 Å². The minimum Gasteiger partial charge on any atom is -0.493 e. The van der Waals surface area contributed by atoms with Gasteiger partial charge in [-0.05, 0) is 88.2 Å². The first-order chi connectivity index (χ1) is 18.8. The summed E-state index contributed by atoms with van der Waals surface area (Å²) in [5.74, 6) is 2.58. The fourth-order valence-electron chi connectivity index (χ4n) is 5.61. The van der Waals surface area contributed by atoms with Crippen molar-refractivity contribution in [2.24, 2.45) is 0 Å². The first-order valence-corrected chi connectivity index (χ1v) is 14.6. The molecule has 4 rings (SSSR count). The highest BCUT2D eigenvalue weighted by Gasteiger charge is 2.31. The van der Waals surface area contributed by atoms with Crippen LogP contribution in [0.2, 0.25) is 0 Å². The molecule has 0 aromatic heterocycles. The average Bonchev–Trinajstić information content (AvgIpc) is 3.24. The van der Waals surface area contributed by atoms with E-state index < -0.39 is 5.60 Å². The van der Waals surface area contributed by atoms with Gasteiger partial charge in [-0.15, -0.1) is 0 Å². The third-order valence-corrected chi connectivity index (χ3v) is 7.97. The molecular formula is C32H46N2O5. The van der Waals surface area contributed by atoms with Gasteiger partial charge in [0.2, 0.25) is 5.91 Å². The molecule has 2 saturated heterocycles. The molecule has 0 unspecified atom stereocenters. The summed E-state index contributed by atoms with van der Waals surface area (Å²) in [4.78, 5) is 16.6. The van der Waals surface area contributed by atoms with E-state index in [1.54, 1.807) is 7.11 Å². The van der Waals surface area contributed by atoms with Crippen LogP contribution in [0, 0.1) is 13.8 Å². The van der Waals surface area contributed by atoms with Gasteiger partial charge in [0.05, 0.1) is 19.3 Å². The van der Waals surface area contributed by atoms with Crippen molar-refractivity contribution in [3.8, 4) is 17.2 Å². The maximum atomic E-state index is 12.2. The zero-order valence-corrected chi connectivity index (χ0v) is 24.0. The third-order valence-electron chi connectivity index (χ3n) is 7.97. The lowest BCUT2D eigenvalue weighted by molar-refractivity contribution is -0.130.